The van der Waals surface area contributed by atoms with Gasteiger partial charge >= 0.3 is 0 Å². The van der Waals surface area contributed by atoms with E-state index in [0.717, 1.165) is 23.5 Å². The molecule has 3 nitrogen and oxygen atoms in total. The molecule has 0 spiro atoms. The van der Waals surface area contributed by atoms with Gasteiger partial charge in [0.15, 0.2) is 10.2 Å². The summed E-state index contributed by atoms with van der Waals surface area (Å²) < 4.78 is 7.40. The number of aromatic nitrogens is 2. The summed E-state index contributed by atoms with van der Waals surface area (Å²) in [6, 6.07) is 0. The van der Waals surface area contributed by atoms with Crippen molar-refractivity contribution in [2.45, 2.75) is 5.03 Å². The van der Waals surface area contributed by atoms with Gasteiger partial charge in [0.1, 0.15) is 5.40 Å². The zero-order valence-electron chi connectivity index (χ0n) is 4.04. The van der Waals surface area contributed by atoms with Crippen LogP contribution < -0.4 is 0 Å². The molecule has 0 bridgehead atoms. The second kappa shape index (κ2) is 3.01. The molecule has 0 aliphatic heterocycles. The van der Waals surface area contributed by atoms with Crippen molar-refractivity contribution in [2.24, 2.45) is 0 Å². The number of hydrogen-bond donors (Lipinski definition) is 0. The topological polar surface area (TPSA) is 49.6 Å². The van der Waals surface area contributed by atoms with Gasteiger partial charge in [0.05, 0.1) is 11.7 Å². The quantitative estimate of drug-likeness (QED) is 0.485. The van der Waals surface area contributed by atoms with Gasteiger partial charge in [-0.3, -0.25) is 0 Å². The molecule has 6 heteroatoms. The summed E-state index contributed by atoms with van der Waals surface area (Å²) in [5.41, 5.74) is 0. The zero-order valence-corrected chi connectivity index (χ0v) is 6.43. The van der Waals surface area contributed by atoms with Gasteiger partial charge in [0, 0.05) is 11.8 Å². The highest BCUT2D eigenvalue weighted by molar-refractivity contribution is 8.03. The largest absolute Gasteiger partial charge is 0.185 e. The van der Waals surface area contributed by atoms with Crippen molar-refractivity contribution in [3.8, 4) is 5.40 Å². The summed E-state index contributed by atoms with van der Waals surface area (Å²) in [5.74, 6) is 0. The SMILES string of the molecule is N#CSc1nsnc1Cl. The molecule has 1 rings (SSSR count). The molecule has 0 aromatic carbocycles. The van der Waals surface area contributed by atoms with E-state index in [9.17, 15) is 0 Å². The summed E-state index contributed by atoms with van der Waals surface area (Å²) >= 11 is 7.40. The summed E-state index contributed by atoms with van der Waals surface area (Å²) in [6.07, 6.45) is 0. The number of halogens is 1. The molecule has 46 valence electrons. The Bertz CT molecular complexity index is 239. The van der Waals surface area contributed by atoms with Crippen molar-refractivity contribution in [1.29, 1.82) is 5.26 Å². The number of rotatable bonds is 1. The van der Waals surface area contributed by atoms with Crippen LogP contribution in [-0.4, -0.2) is 8.75 Å². The van der Waals surface area contributed by atoms with E-state index in [1.54, 1.807) is 0 Å². The van der Waals surface area contributed by atoms with Crippen molar-refractivity contribution in [1.82, 2.24) is 8.75 Å². The third kappa shape index (κ3) is 1.55. The minimum absolute atomic E-state index is 0.312. The molecular formula is C3ClN3S2. The van der Waals surface area contributed by atoms with Crippen LogP contribution in [0.5, 0.6) is 0 Å². The van der Waals surface area contributed by atoms with E-state index in [1.807, 2.05) is 5.40 Å². The van der Waals surface area contributed by atoms with Crippen molar-refractivity contribution in [3.05, 3.63) is 5.15 Å². The summed E-state index contributed by atoms with van der Waals surface area (Å²) in [6.45, 7) is 0. The van der Waals surface area contributed by atoms with Crippen LogP contribution in [0.4, 0.5) is 0 Å². The van der Waals surface area contributed by atoms with Crippen molar-refractivity contribution in [3.63, 3.8) is 0 Å². The van der Waals surface area contributed by atoms with Crippen LogP contribution in [0.25, 0.3) is 0 Å². The van der Waals surface area contributed by atoms with E-state index in [1.165, 1.54) is 0 Å². The molecule has 0 radical (unpaired) electrons. The number of nitrogens with zero attached hydrogens (tertiary/aromatic N) is 3. The fourth-order valence-electron chi connectivity index (χ4n) is 0.274. The van der Waals surface area contributed by atoms with Gasteiger partial charge < -0.3 is 0 Å². The lowest BCUT2D eigenvalue weighted by Crippen LogP contribution is -1.64. The highest BCUT2D eigenvalue weighted by Gasteiger charge is 2.03. The lowest BCUT2D eigenvalue weighted by atomic mass is 10.9. The molecule has 0 amide bonds. The second-order valence-electron chi connectivity index (χ2n) is 1.05. The molecule has 1 heterocycles. The summed E-state index contributed by atoms with van der Waals surface area (Å²) in [5, 5.41) is 10.8. The molecule has 9 heavy (non-hydrogen) atoms. The first-order valence-electron chi connectivity index (χ1n) is 1.88. The van der Waals surface area contributed by atoms with Gasteiger partial charge in [-0.05, 0) is 0 Å². The molecule has 1 aromatic heterocycles. The van der Waals surface area contributed by atoms with Gasteiger partial charge in [0.25, 0.3) is 0 Å². The average molecular weight is 178 g/mol. The van der Waals surface area contributed by atoms with Gasteiger partial charge in [0.2, 0.25) is 0 Å². The number of hydrogen-bond acceptors (Lipinski definition) is 5. The van der Waals surface area contributed by atoms with Crippen molar-refractivity contribution >= 4 is 35.1 Å². The maximum atomic E-state index is 8.15. The summed E-state index contributed by atoms with van der Waals surface area (Å²) in [7, 11) is 0. The predicted octanol–water partition coefficient (Wildman–Crippen LogP) is 1.76. The normalized spacial score (nSPS) is 8.89. The Hall–Kier alpha value is -0.310. The zero-order chi connectivity index (χ0) is 6.69. The van der Waals surface area contributed by atoms with Gasteiger partial charge in [-0.15, -0.1) is 0 Å². The molecule has 0 saturated heterocycles. The maximum Gasteiger partial charge on any atom is 0.177 e. The van der Waals surface area contributed by atoms with Crippen LogP contribution in [0, 0.1) is 10.7 Å². The van der Waals surface area contributed by atoms with Gasteiger partial charge in [-0.1, -0.05) is 11.6 Å². The van der Waals surface area contributed by atoms with Crippen molar-refractivity contribution < 1.29 is 0 Å². The first-order chi connectivity index (χ1) is 4.34. The van der Waals surface area contributed by atoms with E-state index in [4.69, 9.17) is 16.9 Å². The van der Waals surface area contributed by atoms with Crippen LogP contribution in [0.3, 0.4) is 0 Å². The summed E-state index contributed by atoms with van der Waals surface area (Å²) in [4.78, 5) is 0. The molecule has 0 saturated carbocycles. The molecule has 0 aliphatic rings. The lowest BCUT2D eigenvalue weighted by molar-refractivity contribution is 1.27. The second-order valence-corrected chi connectivity index (χ2v) is 2.71. The molecule has 0 fully saturated rings. The van der Waals surface area contributed by atoms with Crippen LogP contribution in [0.2, 0.25) is 5.15 Å². The molecule has 1 aromatic rings. The number of thioether (sulfide) groups is 1. The van der Waals surface area contributed by atoms with E-state index in [0.29, 0.717) is 10.2 Å². The third-order valence-corrected chi connectivity index (χ3v) is 2.25. The first-order valence-corrected chi connectivity index (χ1v) is 3.81. The van der Waals surface area contributed by atoms with Crippen LogP contribution >= 0.6 is 35.1 Å². The highest BCUT2D eigenvalue weighted by Crippen LogP contribution is 2.22. The molecule has 0 N–H and O–H groups in total. The highest BCUT2D eigenvalue weighted by atomic mass is 35.5. The Kier molecular flexibility index (Phi) is 2.28. The van der Waals surface area contributed by atoms with E-state index in [-0.39, 0.29) is 0 Å². The van der Waals surface area contributed by atoms with Crippen LogP contribution in [0.1, 0.15) is 0 Å². The monoisotopic (exact) mass is 177 g/mol. The van der Waals surface area contributed by atoms with E-state index >= 15 is 0 Å². The lowest BCUT2D eigenvalue weighted by Gasteiger charge is -1.78. The minimum Gasteiger partial charge on any atom is -0.185 e. The van der Waals surface area contributed by atoms with Crippen molar-refractivity contribution in [2.75, 3.05) is 0 Å². The first kappa shape index (κ1) is 6.81. The van der Waals surface area contributed by atoms with Crippen LogP contribution in [-0.2, 0) is 0 Å². The fraction of sp³-hybridized carbons (Fsp3) is 0. The molecule has 0 aliphatic carbocycles. The smallest absolute Gasteiger partial charge is 0.177 e. The fourth-order valence-corrected chi connectivity index (χ4v) is 1.46. The minimum atomic E-state index is 0.312. The number of thiocyanates is 1. The Morgan fingerprint density at radius 2 is 2.44 bits per heavy atom. The Balaban J connectivity index is 2.84. The molecule has 0 atom stereocenters. The van der Waals surface area contributed by atoms with Crippen LogP contribution in [0.15, 0.2) is 5.03 Å². The van der Waals surface area contributed by atoms with Gasteiger partial charge in [-0.25, -0.2) is 0 Å². The Morgan fingerprint density at radius 3 is 2.89 bits per heavy atom. The molecular weight excluding hydrogens is 178 g/mol. The standard InChI is InChI=1S/C3ClN3S2/c4-2-3(8-1-5)7-9-6-2. The Labute approximate surface area is 65.0 Å². The van der Waals surface area contributed by atoms with E-state index in [2.05, 4.69) is 8.75 Å². The molecule has 0 unspecified atom stereocenters. The number of nitriles is 1. The maximum absolute atomic E-state index is 8.15. The predicted molar refractivity (Wildman–Crippen MR) is 36.4 cm³/mol. The average Bonchev–Trinajstić information content (AvgIpc) is 2.18. The third-order valence-electron chi connectivity index (χ3n) is 0.564. The Morgan fingerprint density at radius 1 is 1.67 bits per heavy atom. The van der Waals surface area contributed by atoms with E-state index < -0.39 is 0 Å². The van der Waals surface area contributed by atoms with Gasteiger partial charge in [-0.2, -0.15) is 14.0 Å².